The minimum Gasteiger partial charge on any atom is -0.356 e. The van der Waals surface area contributed by atoms with Crippen molar-refractivity contribution in [2.75, 3.05) is 5.32 Å². The molecule has 0 radical (unpaired) electrons. The fourth-order valence-corrected chi connectivity index (χ4v) is 8.59. The molecule has 0 aromatic heterocycles. The van der Waals surface area contributed by atoms with Crippen LogP contribution in [-0.4, -0.2) is 0 Å². The Labute approximate surface area is 260 Å². The molecule has 2 fully saturated rings. The van der Waals surface area contributed by atoms with Gasteiger partial charge in [0.25, 0.3) is 0 Å². The van der Waals surface area contributed by atoms with E-state index in [2.05, 4.69) is 157 Å². The zero-order valence-electron chi connectivity index (χ0n) is 24.8. The third-order valence-electron chi connectivity index (χ3n) is 10.9. The van der Waals surface area contributed by atoms with Crippen LogP contribution >= 0.6 is 0 Å². The number of anilines is 2. The lowest BCUT2D eigenvalue weighted by Crippen LogP contribution is -2.42. The second kappa shape index (κ2) is 10.1. The summed E-state index contributed by atoms with van der Waals surface area (Å²) >= 11 is 0. The molecule has 3 aliphatic rings. The molecule has 3 unspecified atom stereocenters. The molecule has 0 bridgehead atoms. The Morgan fingerprint density at radius 2 is 1.11 bits per heavy atom. The smallest absolute Gasteiger partial charge is 0.0713 e. The molecule has 212 valence electrons. The fraction of sp³-hybridized carbons (Fsp3) is 0.163. The number of hydrogen-bond acceptors (Lipinski definition) is 1. The second-order valence-corrected chi connectivity index (χ2v) is 12.9. The predicted octanol–water partition coefficient (Wildman–Crippen LogP) is 11.0. The first-order chi connectivity index (χ1) is 21.8. The van der Waals surface area contributed by atoms with Crippen molar-refractivity contribution >= 4 is 11.4 Å². The standard InChI is InChI=1S/C43H35N/c1-3-11-31(12-4-1)43(32-13-5-2-6-14-32)41-18-10-9-17-38(41)40-28-34(24-26-42(40)43)44-33-22-19-29(20-23-33)35-15-7-8-16-37(35)39-27-30-21-25-36(30)39/h1-20,22-24,26,28,30,36,39,44H,21,25,27H2. The van der Waals surface area contributed by atoms with E-state index in [1.165, 1.54) is 63.8 Å². The summed E-state index contributed by atoms with van der Waals surface area (Å²) in [5, 5.41) is 3.73. The van der Waals surface area contributed by atoms with Crippen molar-refractivity contribution in [1.29, 1.82) is 0 Å². The molecule has 3 atom stereocenters. The summed E-state index contributed by atoms with van der Waals surface area (Å²) in [6.45, 7) is 0. The average molecular weight is 566 g/mol. The van der Waals surface area contributed by atoms with Gasteiger partial charge >= 0.3 is 0 Å². The Morgan fingerprint density at radius 3 is 1.77 bits per heavy atom. The van der Waals surface area contributed by atoms with Gasteiger partial charge in [-0.05, 0) is 111 Å². The normalized spacial score (nSPS) is 20.4. The molecule has 0 aliphatic heterocycles. The Hall–Kier alpha value is -4.88. The van der Waals surface area contributed by atoms with Crippen LogP contribution in [0, 0.1) is 11.8 Å². The molecular weight excluding hydrogens is 530 g/mol. The monoisotopic (exact) mass is 565 g/mol. The molecule has 0 amide bonds. The summed E-state index contributed by atoms with van der Waals surface area (Å²) in [5.74, 6) is 2.66. The Morgan fingerprint density at radius 1 is 0.500 bits per heavy atom. The Bertz CT molecular complexity index is 1930. The van der Waals surface area contributed by atoms with Gasteiger partial charge < -0.3 is 5.32 Å². The van der Waals surface area contributed by atoms with Gasteiger partial charge in [0, 0.05) is 11.4 Å². The van der Waals surface area contributed by atoms with E-state index < -0.39 is 0 Å². The van der Waals surface area contributed by atoms with Crippen LogP contribution in [0.15, 0.2) is 152 Å². The molecule has 2 saturated carbocycles. The van der Waals surface area contributed by atoms with Gasteiger partial charge in [-0.25, -0.2) is 0 Å². The zero-order valence-corrected chi connectivity index (χ0v) is 24.8. The number of rotatable bonds is 6. The number of benzene rings is 6. The highest BCUT2D eigenvalue weighted by Crippen LogP contribution is 2.60. The summed E-state index contributed by atoms with van der Waals surface area (Å²) in [4.78, 5) is 0. The van der Waals surface area contributed by atoms with Crippen LogP contribution in [0.5, 0.6) is 0 Å². The van der Waals surface area contributed by atoms with Crippen LogP contribution in [-0.2, 0) is 5.41 Å². The zero-order chi connectivity index (χ0) is 29.1. The molecule has 6 aromatic carbocycles. The van der Waals surface area contributed by atoms with Crippen molar-refractivity contribution in [2.24, 2.45) is 11.8 Å². The molecular formula is C43H35N. The van der Waals surface area contributed by atoms with Crippen LogP contribution in [0.1, 0.15) is 53.0 Å². The lowest BCUT2D eigenvalue weighted by Gasteiger charge is -2.54. The average Bonchev–Trinajstić information content (AvgIpc) is 3.38. The molecule has 1 nitrogen and oxygen atoms in total. The first-order valence-electron chi connectivity index (χ1n) is 16.1. The third-order valence-corrected chi connectivity index (χ3v) is 10.9. The van der Waals surface area contributed by atoms with Gasteiger partial charge in [0.05, 0.1) is 5.41 Å². The van der Waals surface area contributed by atoms with Crippen molar-refractivity contribution in [1.82, 2.24) is 0 Å². The molecule has 0 heterocycles. The van der Waals surface area contributed by atoms with E-state index in [1.54, 1.807) is 5.56 Å². The van der Waals surface area contributed by atoms with Gasteiger partial charge in [0.2, 0.25) is 0 Å². The van der Waals surface area contributed by atoms with Gasteiger partial charge in [0.15, 0.2) is 0 Å². The van der Waals surface area contributed by atoms with Crippen molar-refractivity contribution in [3.8, 4) is 22.3 Å². The SMILES string of the molecule is c1ccc(C2(c3ccccc3)c3ccccc3-c3cc(Nc4ccc(-c5ccccc5C5CC6CCC65)cc4)ccc32)cc1. The van der Waals surface area contributed by atoms with Crippen molar-refractivity contribution < 1.29 is 0 Å². The molecule has 1 heteroatoms. The summed E-state index contributed by atoms with van der Waals surface area (Å²) in [6.07, 6.45) is 4.23. The minimum atomic E-state index is -0.359. The van der Waals surface area contributed by atoms with Crippen LogP contribution < -0.4 is 5.32 Å². The highest BCUT2D eigenvalue weighted by Gasteiger charge is 2.48. The summed E-state index contributed by atoms with van der Waals surface area (Å²) < 4.78 is 0. The summed E-state index contributed by atoms with van der Waals surface area (Å²) in [5.41, 5.74) is 14.0. The number of nitrogens with one attached hydrogen (secondary N) is 1. The molecule has 0 spiro atoms. The maximum Gasteiger partial charge on any atom is 0.0713 e. The third kappa shape index (κ3) is 3.78. The maximum absolute atomic E-state index is 3.73. The van der Waals surface area contributed by atoms with Gasteiger partial charge in [-0.2, -0.15) is 0 Å². The minimum absolute atomic E-state index is 0.359. The van der Waals surface area contributed by atoms with E-state index >= 15 is 0 Å². The van der Waals surface area contributed by atoms with E-state index in [0.717, 1.165) is 29.1 Å². The van der Waals surface area contributed by atoms with Crippen LogP contribution in [0.3, 0.4) is 0 Å². The molecule has 0 saturated heterocycles. The van der Waals surface area contributed by atoms with Crippen molar-refractivity contribution in [3.05, 3.63) is 179 Å². The first-order valence-corrected chi connectivity index (χ1v) is 16.1. The van der Waals surface area contributed by atoms with Gasteiger partial charge in [-0.1, -0.05) is 127 Å². The summed E-state index contributed by atoms with van der Waals surface area (Å²) in [7, 11) is 0. The van der Waals surface area contributed by atoms with Crippen LogP contribution in [0.25, 0.3) is 22.3 Å². The second-order valence-electron chi connectivity index (χ2n) is 12.9. The topological polar surface area (TPSA) is 12.0 Å². The maximum atomic E-state index is 3.73. The Balaban J connectivity index is 1.08. The van der Waals surface area contributed by atoms with E-state index in [0.29, 0.717) is 0 Å². The first kappa shape index (κ1) is 25.6. The van der Waals surface area contributed by atoms with E-state index in [-0.39, 0.29) is 5.41 Å². The summed E-state index contributed by atoms with van der Waals surface area (Å²) in [6, 6.07) is 56.0. The van der Waals surface area contributed by atoms with Gasteiger partial charge in [-0.3, -0.25) is 0 Å². The molecule has 3 aliphatic carbocycles. The van der Waals surface area contributed by atoms with Crippen LogP contribution in [0.4, 0.5) is 11.4 Å². The number of fused-ring (bicyclic) bond motifs is 4. The van der Waals surface area contributed by atoms with Gasteiger partial charge in [0.1, 0.15) is 0 Å². The lowest BCUT2D eigenvalue weighted by atomic mass is 9.51. The molecule has 6 aromatic rings. The van der Waals surface area contributed by atoms with Crippen molar-refractivity contribution in [2.45, 2.75) is 30.6 Å². The van der Waals surface area contributed by atoms with E-state index in [1.807, 2.05) is 0 Å². The van der Waals surface area contributed by atoms with Crippen LogP contribution in [0.2, 0.25) is 0 Å². The van der Waals surface area contributed by atoms with Crippen molar-refractivity contribution in [3.63, 3.8) is 0 Å². The lowest BCUT2D eigenvalue weighted by molar-refractivity contribution is 0.0218. The molecule has 9 rings (SSSR count). The number of hydrogen-bond donors (Lipinski definition) is 1. The molecule has 44 heavy (non-hydrogen) atoms. The molecule has 1 N–H and O–H groups in total. The largest absolute Gasteiger partial charge is 0.356 e. The predicted molar refractivity (Wildman–Crippen MR) is 182 cm³/mol. The Kier molecular flexibility index (Phi) is 5.88. The quantitative estimate of drug-likeness (QED) is 0.211. The fourth-order valence-electron chi connectivity index (χ4n) is 8.59. The highest BCUT2D eigenvalue weighted by molar-refractivity contribution is 5.88. The van der Waals surface area contributed by atoms with E-state index in [4.69, 9.17) is 0 Å². The van der Waals surface area contributed by atoms with E-state index in [9.17, 15) is 0 Å². The highest BCUT2D eigenvalue weighted by atomic mass is 14.9. The van der Waals surface area contributed by atoms with Gasteiger partial charge in [-0.15, -0.1) is 0 Å².